The van der Waals surface area contributed by atoms with Crippen LogP contribution in [0.2, 0.25) is 0 Å². The molecule has 0 bridgehead atoms. The van der Waals surface area contributed by atoms with Crippen LogP contribution in [0.1, 0.15) is 152 Å². The van der Waals surface area contributed by atoms with Gasteiger partial charge in [-0.3, -0.25) is 9.59 Å². The van der Waals surface area contributed by atoms with Gasteiger partial charge in [0.05, 0.1) is 5.41 Å². The quantitative estimate of drug-likeness (QED) is 0.309. The van der Waals surface area contributed by atoms with Crippen molar-refractivity contribution in [3.63, 3.8) is 0 Å². The fourth-order valence-corrected chi connectivity index (χ4v) is 12.1. The van der Waals surface area contributed by atoms with Gasteiger partial charge in [0.25, 0.3) is 6.47 Å². The molecule has 0 amide bonds. The number of aliphatic carboxylic acids is 1. The summed E-state index contributed by atoms with van der Waals surface area (Å²) in [5.41, 5.74) is 7.30. The number of rotatable bonds is 7. The molecule has 4 nitrogen and oxygen atoms in total. The number of benzene rings is 2. The molecule has 0 aliphatic heterocycles. The molecule has 2 saturated carbocycles. The summed E-state index contributed by atoms with van der Waals surface area (Å²) in [5, 5.41) is 10.4. The van der Waals surface area contributed by atoms with Crippen LogP contribution < -0.4 is 0 Å². The number of carboxylic acids is 1. The Hall–Kier alpha value is -2.27. The Balaban J connectivity index is 1.47. The van der Waals surface area contributed by atoms with Gasteiger partial charge in [-0.1, -0.05) is 71.9 Å². The fourth-order valence-electron chi connectivity index (χ4n) is 10.7. The molecule has 0 heterocycles. The number of aryl methyl sites for hydroxylation is 2. The first-order chi connectivity index (χ1) is 21.2. The monoisotopic (exact) mass is 630 g/mol. The largest absolute Gasteiger partial charge is 0.481 e. The van der Waals surface area contributed by atoms with Gasteiger partial charge in [0.2, 0.25) is 0 Å². The number of hydrogen-bond acceptors (Lipinski definition) is 4. The van der Waals surface area contributed by atoms with Crippen LogP contribution in [0.4, 0.5) is 0 Å². The number of carbonyl (C=O) groups excluding carboxylic acids is 1. The van der Waals surface area contributed by atoms with E-state index >= 15 is 0 Å². The Labute approximate surface area is 275 Å². The highest BCUT2D eigenvalue weighted by molar-refractivity contribution is 7.99. The minimum Gasteiger partial charge on any atom is -0.481 e. The molecule has 244 valence electrons. The van der Waals surface area contributed by atoms with Crippen LogP contribution in [0.25, 0.3) is 0 Å². The zero-order valence-corrected chi connectivity index (χ0v) is 29.7. The van der Waals surface area contributed by atoms with Crippen molar-refractivity contribution in [1.29, 1.82) is 0 Å². The van der Waals surface area contributed by atoms with Crippen LogP contribution in [0.5, 0.6) is 0 Å². The lowest BCUT2D eigenvalue weighted by atomic mass is 9.50. The van der Waals surface area contributed by atoms with Crippen molar-refractivity contribution in [3.05, 3.63) is 57.6 Å². The van der Waals surface area contributed by atoms with Gasteiger partial charge in [-0.2, -0.15) is 0 Å². The van der Waals surface area contributed by atoms with Crippen molar-refractivity contribution in [2.75, 3.05) is 0 Å². The van der Waals surface area contributed by atoms with E-state index in [0.717, 1.165) is 64.2 Å². The summed E-state index contributed by atoms with van der Waals surface area (Å²) < 4.78 is 5.86. The van der Waals surface area contributed by atoms with Gasteiger partial charge < -0.3 is 9.84 Å². The predicted molar refractivity (Wildman–Crippen MR) is 183 cm³/mol. The summed E-state index contributed by atoms with van der Waals surface area (Å²) in [6.07, 6.45) is 9.87. The lowest BCUT2D eigenvalue weighted by molar-refractivity contribution is -0.159. The second kappa shape index (κ2) is 11.5. The standard InChI is InChI=1S/C40H54O4S/c1-24(2)28-19-26-11-13-34-37(5,15-9-17-39(34,7)36(42)43)30(26)21-32(28)45-33-22-31-27(20-29(33)25(3)4)12-14-35-38(31,6)16-10-18-40(35,8)44-23-41/h19-25,34-35H,9-18H2,1-8H3,(H,42,43). The molecule has 1 N–H and O–H groups in total. The average Bonchev–Trinajstić information content (AvgIpc) is 2.96. The smallest absolute Gasteiger partial charge is 0.309 e. The van der Waals surface area contributed by atoms with Crippen molar-refractivity contribution in [1.82, 2.24) is 0 Å². The van der Waals surface area contributed by atoms with Gasteiger partial charge in [0.1, 0.15) is 5.60 Å². The van der Waals surface area contributed by atoms with E-state index in [1.54, 1.807) is 0 Å². The van der Waals surface area contributed by atoms with Crippen molar-refractivity contribution >= 4 is 24.2 Å². The third kappa shape index (κ3) is 5.09. The Bertz CT molecular complexity index is 1510. The maximum Gasteiger partial charge on any atom is 0.309 e. The molecule has 5 heteroatoms. The Morgan fingerprint density at radius 1 is 0.800 bits per heavy atom. The van der Waals surface area contributed by atoms with Crippen LogP contribution in [0.15, 0.2) is 34.1 Å². The van der Waals surface area contributed by atoms with Crippen molar-refractivity contribution in [2.45, 2.75) is 158 Å². The normalized spacial score (nSPS) is 34.0. The van der Waals surface area contributed by atoms with Crippen LogP contribution in [-0.4, -0.2) is 23.1 Å². The summed E-state index contributed by atoms with van der Waals surface area (Å²) >= 11 is 1.93. The molecule has 0 radical (unpaired) electrons. The highest BCUT2D eigenvalue weighted by atomic mass is 32.2. The van der Waals surface area contributed by atoms with E-state index in [1.807, 2.05) is 18.7 Å². The zero-order chi connectivity index (χ0) is 32.5. The lowest BCUT2D eigenvalue weighted by Crippen LogP contribution is -2.54. The molecule has 2 aromatic rings. The van der Waals surface area contributed by atoms with Crippen molar-refractivity contribution in [3.8, 4) is 0 Å². The summed E-state index contributed by atoms with van der Waals surface area (Å²) in [5.74, 6) is 0.610. The van der Waals surface area contributed by atoms with Crippen LogP contribution in [0, 0.1) is 17.3 Å². The number of hydrogen-bond donors (Lipinski definition) is 1. The lowest BCUT2D eigenvalue weighted by Gasteiger charge is -2.54. The van der Waals surface area contributed by atoms with Gasteiger partial charge in [-0.25, -0.2) is 0 Å². The van der Waals surface area contributed by atoms with E-state index in [2.05, 4.69) is 72.7 Å². The van der Waals surface area contributed by atoms with E-state index in [9.17, 15) is 14.7 Å². The SMILES string of the molecule is CC(C)c1cc2c(cc1Sc1cc3c(cc1C(C)C)CCC1C(C)(C(=O)O)CCCC31C)C1(C)CCCC(C)(OC=O)C1CC2. The summed E-state index contributed by atoms with van der Waals surface area (Å²) in [4.78, 5) is 26.9. The van der Waals surface area contributed by atoms with Gasteiger partial charge in [-0.15, -0.1) is 0 Å². The third-order valence-electron chi connectivity index (χ3n) is 13.2. The highest BCUT2D eigenvalue weighted by Crippen LogP contribution is 2.59. The molecule has 6 rings (SSSR count). The maximum absolute atomic E-state index is 12.6. The topological polar surface area (TPSA) is 63.6 Å². The summed E-state index contributed by atoms with van der Waals surface area (Å²) in [7, 11) is 0. The van der Waals surface area contributed by atoms with E-state index in [-0.39, 0.29) is 16.7 Å². The molecular formula is C40H54O4S. The Morgan fingerprint density at radius 3 is 1.78 bits per heavy atom. The average molecular weight is 631 g/mol. The van der Waals surface area contributed by atoms with Crippen LogP contribution >= 0.6 is 11.8 Å². The summed E-state index contributed by atoms with van der Waals surface area (Å²) in [6, 6.07) is 9.98. The Morgan fingerprint density at radius 2 is 1.29 bits per heavy atom. The maximum atomic E-state index is 12.6. The first-order valence-electron chi connectivity index (χ1n) is 17.6. The molecular weight excluding hydrogens is 577 g/mol. The molecule has 6 unspecified atom stereocenters. The molecule has 0 aromatic heterocycles. The van der Waals surface area contributed by atoms with Crippen LogP contribution in [0.3, 0.4) is 0 Å². The molecule has 6 atom stereocenters. The Kier molecular flexibility index (Phi) is 8.32. The first kappa shape index (κ1) is 32.7. The van der Waals surface area contributed by atoms with Gasteiger partial charge in [0.15, 0.2) is 0 Å². The molecule has 2 aromatic carbocycles. The molecule has 0 saturated heterocycles. The zero-order valence-electron chi connectivity index (χ0n) is 28.8. The highest BCUT2D eigenvalue weighted by Gasteiger charge is 2.56. The van der Waals surface area contributed by atoms with Gasteiger partial charge in [-0.05, 0) is 146 Å². The van der Waals surface area contributed by atoms with Gasteiger partial charge in [0, 0.05) is 15.7 Å². The van der Waals surface area contributed by atoms with Crippen LogP contribution in [-0.2, 0) is 38.0 Å². The molecule has 4 aliphatic rings. The third-order valence-corrected chi connectivity index (χ3v) is 14.3. The first-order valence-corrected chi connectivity index (χ1v) is 18.4. The van der Waals surface area contributed by atoms with E-state index in [4.69, 9.17) is 4.74 Å². The number of fused-ring (bicyclic) bond motifs is 6. The van der Waals surface area contributed by atoms with Crippen molar-refractivity contribution < 1.29 is 19.4 Å². The number of ether oxygens (including phenoxy) is 1. The summed E-state index contributed by atoms with van der Waals surface area (Å²) in [6.45, 7) is 18.8. The van der Waals surface area contributed by atoms with E-state index < -0.39 is 17.0 Å². The van der Waals surface area contributed by atoms with E-state index in [0.29, 0.717) is 24.2 Å². The minimum absolute atomic E-state index is 0.0325. The minimum atomic E-state index is -0.675. The second-order valence-electron chi connectivity index (χ2n) is 16.5. The fraction of sp³-hybridized carbons (Fsp3) is 0.650. The van der Waals surface area contributed by atoms with Crippen molar-refractivity contribution in [2.24, 2.45) is 17.3 Å². The molecule has 4 aliphatic carbocycles. The second-order valence-corrected chi connectivity index (χ2v) is 17.6. The van der Waals surface area contributed by atoms with Gasteiger partial charge >= 0.3 is 5.97 Å². The van der Waals surface area contributed by atoms with E-state index in [1.165, 1.54) is 43.2 Å². The molecule has 0 spiro atoms. The molecule has 45 heavy (non-hydrogen) atoms. The molecule has 2 fully saturated rings. The number of carbonyl (C=O) groups is 2. The predicted octanol–water partition coefficient (Wildman–Crippen LogP) is 10.1. The number of carboxylic acid groups (broad SMARTS) is 1.